The SMILES string of the molecule is COc1cccc(NCCC2(c3ccc(C)cc3)CCOC(C)(C)C2)c1. The average molecular weight is 354 g/mol. The van der Waals surface area contributed by atoms with Crippen LogP contribution in [0.5, 0.6) is 5.75 Å². The third-order valence-corrected chi connectivity index (χ3v) is 5.50. The Balaban J connectivity index is 1.76. The van der Waals surface area contributed by atoms with E-state index in [4.69, 9.17) is 9.47 Å². The first-order chi connectivity index (χ1) is 12.4. The zero-order chi connectivity index (χ0) is 18.6. The minimum atomic E-state index is -0.0842. The summed E-state index contributed by atoms with van der Waals surface area (Å²) in [5.41, 5.74) is 3.92. The normalized spacial score (nSPS) is 22.0. The number of hydrogen-bond donors (Lipinski definition) is 1. The predicted molar refractivity (Wildman–Crippen MR) is 108 cm³/mol. The lowest BCUT2D eigenvalue weighted by molar-refractivity contribution is -0.0834. The standard InChI is InChI=1S/C23H31NO2/c1-18-8-10-19(11-9-18)23(13-15-26-22(2,3)17-23)12-14-24-20-6-5-7-21(16-20)25-4/h5-11,16,24H,12-15,17H2,1-4H3. The van der Waals surface area contributed by atoms with Crippen LogP contribution >= 0.6 is 0 Å². The van der Waals surface area contributed by atoms with Crippen molar-refractivity contribution in [3.63, 3.8) is 0 Å². The van der Waals surface area contributed by atoms with Crippen LogP contribution in [0.15, 0.2) is 48.5 Å². The average Bonchev–Trinajstić information content (AvgIpc) is 2.61. The van der Waals surface area contributed by atoms with Gasteiger partial charge in [0, 0.05) is 30.3 Å². The van der Waals surface area contributed by atoms with Crippen molar-refractivity contribution in [1.29, 1.82) is 0 Å². The highest BCUT2D eigenvalue weighted by atomic mass is 16.5. The Kier molecular flexibility index (Phi) is 5.57. The molecule has 3 nitrogen and oxygen atoms in total. The monoisotopic (exact) mass is 353 g/mol. The molecule has 1 heterocycles. The molecule has 0 amide bonds. The van der Waals surface area contributed by atoms with Gasteiger partial charge in [-0.25, -0.2) is 0 Å². The van der Waals surface area contributed by atoms with Crippen molar-refractivity contribution >= 4 is 5.69 Å². The van der Waals surface area contributed by atoms with Gasteiger partial charge in [0.05, 0.1) is 12.7 Å². The maximum Gasteiger partial charge on any atom is 0.120 e. The first-order valence-corrected chi connectivity index (χ1v) is 9.52. The summed E-state index contributed by atoms with van der Waals surface area (Å²) in [6, 6.07) is 17.2. The second-order valence-electron chi connectivity index (χ2n) is 8.09. The van der Waals surface area contributed by atoms with Gasteiger partial charge in [-0.15, -0.1) is 0 Å². The Hall–Kier alpha value is -2.00. The molecule has 26 heavy (non-hydrogen) atoms. The van der Waals surface area contributed by atoms with Crippen LogP contribution in [-0.2, 0) is 10.2 Å². The van der Waals surface area contributed by atoms with Crippen LogP contribution in [0.2, 0.25) is 0 Å². The van der Waals surface area contributed by atoms with Crippen LogP contribution < -0.4 is 10.1 Å². The van der Waals surface area contributed by atoms with Gasteiger partial charge in [0.2, 0.25) is 0 Å². The van der Waals surface area contributed by atoms with E-state index in [-0.39, 0.29) is 11.0 Å². The van der Waals surface area contributed by atoms with E-state index in [1.165, 1.54) is 11.1 Å². The van der Waals surface area contributed by atoms with E-state index in [0.717, 1.165) is 43.9 Å². The van der Waals surface area contributed by atoms with E-state index in [1.807, 2.05) is 18.2 Å². The molecule has 3 heteroatoms. The highest BCUT2D eigenvalue weighted by Crippen LogP contribution is 2.44. The first kappa shape index (κ1) is 18.8. The Morgan fingerprint density at radius 1 is 1.12 bits per heavy atom. The van der Waals surface area contributed by atoms with Gasteiger partial charge in [-0.1, -0.05) is 35.9 Å². The summed E-state index contributed by atoms with van der Waals surface area (Å²) in [6.07, 6.45) is 3.20. The van der Waals surface area contributed by atoms with Crippen LogP contribution in [0.1, 0.15) is 44.2 Å². The molecule has 0 saturated carbocycles. The van der Waals surface area contributed by atoms with Gasteiger partial charge >= 0.3 is 0 Å². The summed E-state index contributed by atoms with van der Waals surface area (Å²) < 4.78 is 11.3. The van der Waals surface area contributed by atoms with Crippen molar-refractivity contribution in [1.82, 2.24) is 0 Å². The predicted octanol–water partition coefficient (Wildman–Crippen LogP) is 5.33. The largest absolute Gasteiger partial charge is 0.497 e. The summed E-state index contributed by atoms with van der Waals surface area (Å²) in [5, 5.41) is 3.58. The number of nitrogens with one attached hydrogen (secondary N) is 1. The Morgan fingerprint density at radius 3 is 2.58 bits per heavy atom. The number of rotatable bonds is 6. The summed E-state index contributed by atoms with van der Waals surface area (Å²) in [6.45, 7) is 8.32. The molecule has 0 aromatic heterocycles. The van der Waals surface area contributed by atoms with E-state index in [9.17, 15) is 0 Å². The zero-order valence-corrected chi connectivity index (χ0v) is 16.5. The lowest BCUT2D eigenvalue weighted by Crippen LogP contribution is -2.44. The van der Waals surface area contributed by atoms with Crippen molar-refractivity contribution in [3.8, 4) is 5.75 Å². The zero-order valence-electron chi connectivity index (χ0n) is 16.5. The third-order valence-electron chi connectivity index (χ3n) is 5.50. The highest BCUT2D eigenvalue weighted by molar-refractivity contribution is 5.48. The molecule has 0 spiro atoms. The Morgan fingerprint density at radius 2 is 1.88 bits per heavy atom. The van der Waals surface area contributed by atoms with Crippen LogP contribution in [0.4, 0.5) is 5.69 Å². The molecular formula is C23H31NO2. The van der Waals surface area contributed by atoms with Crippen LogP contribution in [0.3, 0.4) is 0 Å². The molecule has 1 aliphatic rings. The van der Waals surface area contributed by atoms with Crippen molar-refractivity contribution in [2.45, 2.75) is 51.0 Å². The molecule has 1 N–H and O–H groups in total. The number of aryl methyl sites for hydroxylation is 1. The fourth-order valence-corrected chi connectivity index (χ4v) is 4.17. The molecule has 1 fully saturated rings. The number of ether oxygens (including phenoxy) is 2. The minimum absolute atomic E-state index is 0.0842. The van der Waals surface area contributed by atoms with E-state index >= 15 is 0 Å². The van der Waals surface area contributed by atoms with E-state index < -0.39 is 0 Å². The topological polar surface area (TPSA) is 30.5 Å². The van der Waals surface area contributed by atoms with Crippen molar-refractivity contribution in [2.24, 2.45) is 0 Å². The smallest absolute Gasteiger partial charge is 0.120 e. The van der Waals surface area contributed by atoms with Crippen LogP contribution in [0, 0.1) is 6.92 Å². The van der Waals surface area contributed by atoms with Crippen molar-refractivity contribution < 1.29 is 9.47 Å². The lowest BCUT2D eigenvalue weighted by Gasteiger charge is -2.45. The molecule has 3 rings (SSSR count). The Bertz CT molecular complexity index is 723. The minimum Gasteiger partial charge on any atom is -0.497 e. The van der Waals surface area contributed by atoms with Gasteiger partial charge in [-0.05, 0) is 57.7 Å². The lowest BCUT2D eigenvalue weighted by atomic mass is 9.67. The number of benzene rings is 2. The second-order valence-corrected chi connectivity index (χ2v) is 8.09. The van der Waals surface area contributed by atoms with Gasteiger partial charge in [0.25, 0.3) is 0 Å². The summed E-state index contributed by atoms with van der Waals surface area (Å²) in [7, 11) is 1.70. The molecule has 2 aromatic rings. The molecule has 0 aliphatic carbocycles. The summed E-state index contributed by atoms with van der Waals surface area (Å²) in [4.78, 5) is 0. The maximum absolute atomic E-state index is 6.02. The molecule has 0 bridgehead atoms. The van der Waals surface area contributed by atoms with Crippen LogP contribution in [0.25, 0.3) is 0 Å². The fraction of sp³-hybridized carbons (Fsp3) is 0.478. The van der Waals surface area contributed by atoms with Gasteiger partial charge in [0.1, 0.15) is 5.75 Å². The number of hydrogen-bond acceptors (Lipinski definition) is 3. The second kappa shape index (κ2) is 7.71. The van der Waals surface area contributed by atoms with Gasteiger partial charge < -0.3 is 14.8 Å². The van der Waals surface area contributed by atoms with E-state index in [0.29, 0.717) is 0 Å². The highest BCUT2D eigenvalue weighted by Gasteiger charge is 2.41. The molecular weight excluding hydrogens is 322 g/mol. The molecule has 0 radical (unpaired) electrons. The Labute approximate surface area is 157 Å². The summed E-state index contributed by atoms with van der Waals surface area (Å²) in [5.74, 6) is 0.885. The first-order valence-electron chi connectivity index (χ1n) is 9.52. The van der Waals surface area contributed by atoms with E-state index in [2.05, 4.69) is 56.4 Å². The quantitative estimate of drug-likeness (QED) is 0.761. The molecule has 1 aliphatic heterocycles. The number of methoxy groups -OCH3 is 1. The third kappa shape index (κ3) is 4.39. The maximum atomic E-state index is 6.02. The molecule has 2 aromatic carbocycles. The van der Waals surface area contributed by atoms with Crippen molar-refractivity contribution in [3.05, 3.63) is 59.7 Å². The van der Waals surface area contributed by atoms with Crippen LogP contribution in [-0.4, -0.2) is 25.9 Å². The van der Waals surface area contributed by atoms with Gasteiger partial charge in [-0.2, -0.15) is 0 Å². The molecule has 140 valence electrons. The summed E-state index contributed by atoms with van der Waals surface area (Å²) >= 11 is 0. The van der Waals surface area contributed by atoms with Crippen molar-refractivity contribution in [2.75, 3.05) is 25.6 Å². The molecule has 1 atom stereocenters. The van der Waals surface area contributed by atoms with Gasteiger partial charge in [-0.3, -0.25) is 0 Å². The fourth-order valence-electron chi connectivity index (χ4n) is 4.17. The van der Waals surface area contributed by atoms with Gasteiger partial charge in [0.15, 0.2) is 0 Å². The number of anilines is 1. The van der Waals surface area contributed by atoms with E-state index in [1.54, 1.807) is 7.11 Å². The molecule has 1 saturated heterocycles. The molecule has 1 unspecified atom stereocenters.